The SMILES string of the molecule is COc1ccc(S(=O)(=O)N[C@H](C(=O)NCCC(=O)NCc2ccncc2)C(C)C)cc1. The fraction of sp³-hybridized carbons (Fsp3) is 0.381. The predicted octanol–water partition coefficient (Wildman–Crippen LogP) is 1.22. The molecule has 0 aliphatic rings. The van der Waals surface area contributed by atoms with Gasteiger partial charge in [-0.25, -0.2) is 8.42 Å². The van der Waals surface area contributed by atoms with Crippen LogP contribution in [0, 0.1) is 5.92 Å². The largest absolute Gasteiger partial charge is 0.497 e. The molecule has 9 nitrogen and oxygen atoms in total. The fourth-order valence-corrected chi connectivity index (χ4v) is 4.03. The van der Waals surface area contributed by atoms with E-state index in [0.717, 1.165) is 5.56 Å². The van der Waals surface area contributed by atoms with Crippen LogP contribution in [0.15, 0.2) is 53.7 Å². The first-order valence-electron chi connectivity index (χ1n) is 9.82. The van der Waals surface area contributed by atoms with E-state index in [1.807, 2.05) is 0 Å². The van der Waals surface area contributed by atoms with E-state index in [1.165, 1.54) is 31.4 Å². The van der Waals surface area contributed by atoms with Crippen LogP contribution in [-0.4, -0.2) is 44.9 Å². The highest BCUT2D eigenvalue weighted by atomic mass is 32.2. The lowest BCUT2D eigenvalue weighted by Gasteiger charge is -2.21. The number of benzene rings is 1. The summed E-state index contributed by atoms with van der Waals surface area (Å²) < 4.78 is 32.8. The second kappa shape index (κ2) is 11.4. The highest BCUT2D eigenvalue weighted by Crippen LogP contribution is 2.16. The van der Waals surface area contributed by atoms with Crippen LogP contribution < -0.4 is 20.1 Å². The van der Waals surface area contributed by atoms with Crippen molar-refractivity contribution in [1.82, 2.24) is 20.3 Å². The number of hydrogen-bond acceptors (Lipinski definition) is 6. The quantitative estimate of drug-likeness (QED) is 0.474. The molecule has 168 valence electrons. The number of carbonyl (C=O) groups excluding carboxylic acids is 2. The van der Waals surface area contributed by atoms with Crippen LogP contribution in [0.1, 0.15) is 25.8 Å². The van der Waals surface area contributed by atoms with E-state index in [0.29, 0.717) is 12.3 Å². The van der Waals surface area contributed by atoms with Gasteiger partial charge in [-0.15, -0.1) is 0 Å². The van der Waals surface area contributed by atoms with E-state index in [9.17, 15) is 18.0 Å². The van der Waals surface area contributed by atoms with Gasteiger partial charge in [0.05, 0.1) is 12.0 Å². The lowest BCUT2D eigenvalue weighted by atomic mass is 10.1. The maximum Gasteiger partial charge on any atom is 0.241 e. The minimum Gasteiger partial charge on any atom is -0.497 e. The molecule has 0 spiro atoms. The smallest absolute Gasteiger partial charge is 0.241 e. The Bertz CT molecular complexity index is 963. The van der Waals surface area contributed by atoms with Crippen molar-refractivity contribution in [3.8, 4) is 5.75 Å². The molecule has 1 aromatic heterocycles. The summed E-state index contributed by atoms with van der Waals surface area (Å²) in [4.78, 5) is 28.5. The van der Waals surface area contributed by atoms with Crippen molar-refractivity contribution < 1.29 is 22.7 Å². The summed E-state index contributed by atoms with van der Waals surface area (Å²) in [5.74, 6) is -0.487. The van der Waals surface area contributed by atoms with Gasteiger partial charge in [0.25, 0.3) is 0 Å². The third-order valence-electron chi connectivity index (χ3n) is 4.49. The van der Waals surface area contributed by atoms with E-state index in [4.69, 9.17) is 4.74 Å². The van der Waals surface area contributed by atoms with Crippen molar-refractivity contribution >= 4 is 21.8 Å². The number of pyridine rings is 1. The number of carbonyl (C=O) groups is 2. The van der Waals surface area contributed by atoms with Crippen LogP contribution in [0.3, 0.4) is 0 Å². The number of amides is 2. The molecule has 2 aromatic rings. The molecular formula is C21H28N4O5S. The van der Waals surface area contributed by atoms with Crippen molar-refractivity contribution in [1.29, 1.82) is 0 Å². The summed E-state index contributed by atoms with van der Waals surface area (Å²) >= 11 is 0. The van der Waals surface area contributed by atoms with Gasteiger partial charge in [-0.1, -0.05) is 13.8 Å². The van der Waals surface area contributed by atoms with Gasteiger partial charge in [0.2, 0.25) is 21.8 Å². The Morgan fingerprint density at radius 1 is 1.03 bits per heavy atom. The van der Waals surface area contributed by atoms with E-state index in [-0.39, 0.29) is 29.7 Å². The van der Waals surface area contributed by atoms with Gasteiger partial charge in [-0.2, -0.15) is 4.72 Å². The standard InChI is InChI=1S/C21H28N4O5S/c1-15(2)20(25-31(28,29)18-6-4-17(30-3)5-7-18)21(27)23-13-10-19(26)24-14-16-8-11-22-12-9-16/h4-9,11-12,15,20,25H,10,13-14H2,1-3H3,(H,23,27)(H,24,26)/t20-/m0/s1. The van der Waals surface area contributed by atoms with Crippen molar-refractivity contribution in [2.75, 3.05) is 13.7 Å². The molecule has 31 heavy (non-hydrogen) atoms. The minimum absolute atomic E-state index is 0.0299. The number of sulfonamides is 1. The fourth-order valence-electron chi connectivity index (χ4n) is 2.68. The molecule has 1 heterocycles. The Morgan fingerprint density at radius 3 is 2.26 bits per heavy atom. The first-order chi connectivity index (χ1) is 14.7. The molecule has 2 rings (SSSR count). The van der Waals surface area contributed by atoms with Crippen molar-refractivity contribution in [3.05, 3.63) is 54.4 Å². The molecule has 1 aromatic carbocycles. The molecule has 1 atom stereocenters. The van der Waals surface area contributed by atoms with Crippen LogP contribution in [0.5, 0.6) is 5.75 Å². The molecule has 3 N–H and O–H groups in total. The molecule has 0 radical (unpaired) electrons. The van der Waals surface area contributed by atoms with E-state index >= 15 is 0 Å². The minimum atomic E-state index is -3.91. The second-order valence-electron chi connectivity index (χ2n) is 7.19. The molecule has 0 saturated heterocycles. The van der Waals surface area contributed by atoms with Crippen LogP contribution in [0.4, 0.5) is 0 Å². The van der Waals surface area contributed by atoms with Crippen LogP contribution in [0.2, 0.25) is 0 Å². The molecule has 0 bridgehead atoms. The first kappa shape index (κ1) is 24.3. The van der Waals surface area contributed by atoms with Gasteiger partial charge in [-0.05, 0) is 47.9 Å². The average molecular weight is 449 g/mol. The van der Waals surface area contributed by atoms with Gasteiger partial charge in [0, 0.05) is 31.9 Å². The zero-order chi connectivity index (χ0) is 22.9. The Kier molecular flexibility index (Phi) is 8.95. The zero-order valence-electron chi connectivity index (χ0n) is 17.8. The lowest BCUT2D eigenvalue weighted by Crippen LogP contribution is -2.50. The van der Waals surface area contributed by atoms with Crippen LogP contribution in [0.25, 0.3) is 0 Å². The highest BCUT2D eigenvalue weighted by molar-refractivity contribution is 7.89. The van der Waals surface area contributed by atoms with E-state index in [1.54, 1.807) is 38.4 Å². The van der Waals surface area contributed by atoms with Crippen molar-refractivity contribution in [2.24, 2.45) is 5.92 Å². The predicted molar refractivity (Wildman–Crippen MR) is 116 cm³/mol. The van der Waals surface area contributed by atoms with E-state index in [2.05, 4.69) is 20.3 Å². The number of rotatable bonds is 11. The summed E-state index contributed by atoms with van der Waals surface area (Å²) in [5, 5.41) is 5.38. The summed E-state index contributed by atoms with van der Waals surface area (Å²) in [7, 11) is -2.42. The third kappa shape index (κ3) is 7.65. The van der Waals surface area contributed by atoms with Crippen LogP contribution >= 0.6 is 0 Å². The molecular weight excluding hydrogens is 420 g/mol. The summed E-state index contributed by atoms with van der Waals surface area (Å²) in [6.45, 7) is 3.94. The Labute approximate surface area is 182 Å². The molecule has 10 heteroatoms. The van der Waals surface area contributed by atoms with Gasteiger partial charge in [0.15, 0.2) is 0 Å². The molecule has 0 saturated carbocycles. The number of methoxy groups -OCH3 is 1. The van der Waals surface area contributed by atoms with Crippen LogP contribution in [-0.2, 0) is 26.2 Å². The maximum atomic E-state index is 12.7. The normalized spacial score (nSPS) is 12.3. The van der Waals surface area contributed by atoms with Gasteiger partial charge >= 0.3 is 0 Å². The van der Waals surface area contributed by atoms with Gasteiger partial charge in [0.1, 0.15) is 11.8 Å². The second-order valence-corrected chi connectivity index (χ2v) is 8.91. The monoisotopic (exact) mass is 448 g/mol. The molecule has 0 aliphatic carbocycles. The molecule has 0 fully saturated rings. The van der Waals surface area contributed by atoms with Crippen molar-refractivity contribution in [2.45, 2.75) is 37.8 Å². The summed E-state index contributed by atoms with van der Waals surface area (Å²) in [6, 6.07) is 8.49. The molecule has 0 unspecified atom stereocenters. The van der Waals surface area contributed by atoms with Gasteiger partial charge < -0.3 is 15.4 Å². The summed E-state index contributed by atoms with van der Waals surface area (Å²) in [5.41, 5.74) is 0.917. The number of aromatic nitrogens is 1. The van der Waals surface area contributed by atoms with E-state index < -0.39 is 22.0 Å². The summed E-state index contributed by atoms with van der Waals surface area (Å²) in [6.07, 6.45) is 3.36. The Hall–Kier alpha value is -2.98. The maximum absolute atomic E-state index is 12.7. The molecule has 2 amide bonds. The topological polar surface area (TPSA) is 126 Å². The highest BCUT2D eigenvalue weighted by Gasteiger charge is 2.28. The van der Waals surface area contributed by atoms with Gasteiger partial charge in [-0.3, -0.25) is 14.6 Å². The Balaban J connectivity index is 1.87. The third-order valence-corrected chi connectivity index (χ3v) is 5.95. The van der Waals surface area contributed by atoms with Crippen molar-refractivity contribution in [3.63, 3.8) is 0 Å². The zero-order valence-corrected chi connectivity index (χ0v) is 18.6. The molecule has 0 aliphatic heterocycles. The Morgan fingerprint density at radius 2 is 1.68 bits per heavy atom. The number of nitrogens with one attached hydrogen (secondary N) is 3. The average Bonchev–Trinajstić information content (AvgIpc) is 2.76. The number of hydrogen-bond donors (Lipinski definition) is 3. The lowest BCUT2D eigenvalue weighted by molar-refractivity contribution is -0.124. The first-order valence-corrected chi connectivity index (χ1v) is 11.3. The number of ether oxygens (including phenoxy) is 1. The number of nitrogens with zero attached hydrogens (tertiary/aromatic N) is 1.